The van der Waals surface area contributed by atoms with E-state index in [9.17, 15) is 9.59 Å². The Morgan fingerprint density at radius 3 is 2.33 bits per heavy atom. The Morgan fingerprint density at radius 1 is 1.19 bits per heavy atom. The lowest BCUT2D eigenvalue weighted by Crippen LogP contribution is -2.47. The average Bonchev–Trinajstić information content (AvgIpc) is 2.37. The molecule has 21 heavy (non-hydrogen) atoms. The summed E-state index contributed by atoms with van der Waals surface area (Å²) in [7, 11) is 0. The number of hydrogen-bond donors (Lipinski definition) is 2. The van der Waals surface area contributed by atoms with Crippen molar-refractivity contribution < 1.29 is 14.7 Å². The predicted octanol–water partition coefficient (Wildman–Crippen LogP) is 2.37. The minimum absolute atomic E-state index is 0.0524. The number of urea groups is 1. The van der Waals surface area contributed by atoms with E-state index in [1.54, 1.807) is 0 Å². The van der Waals surface area contributed by atoms with E-state index in [0.717, 1.165) is 12.0 Å². The quantitative estimate of drug-likeness (QED) is 0.810. The number of nitrogens with one attached hydrogen (secondary N) is 1. The molecule has 2 N–H and O–H groups in total. The summed E-state index contributed by atoms with van der Waals surface area (Å²) < 4.78 is 0. The van der Waals surface area contributed by atoms with Crippen molar-refractivity contribution in [1.82, 2.24) is 10.2 Å². The van der Waals surface area contributed by atoms with E-state index in [0.29, 0.717) is 6.54 Å². The first-order valence-corrected chi connectivity index (χ1v) is 7.19. The fourth-order valence-electron chi connectivity index (χ4n) is 2.14. The normalized spacial score (nSPS) is 12.0. The van der Waals surface area contributed by atoms with Gasteiger partial charge in [-0.1, -0.05) is 44.2 Å². The lowest BCUT2D eigenvalue weighted by atomic mass is 10.1. The summed E-state index contributed by atoms with van der Waals surface area (Å²) in [5.74, 6) is -0.777. The van der Waals surface area contributed by atoms with Crippen LogP contribution in [0.25, 0.3) is 0 Å². The van der Waals surface area contributed by atoms with Gasteiger partial charge in [0.25, 0.3) is 0 Å². The fourth-order valence-corrected chi connectivity index (χ4v) is 2.14. The van der Waals surface area contributed by atoms with E-state index in [4.69, 9.17) is 5.11 Å². The Labute approximate surface area is 126 Å². The van der Waals surface area contributed by atoms with Gasteiger partial charge >= 0.3 is 12.0 Å². The van der Waals surface area contributed by atoms with E-state index in [-0.39, 0.29) is 24.5 Å². The second-order valence-electron chi connectivity index (χ2n) is 5.71. The maximum Gasteiger partial charge on any atom is 0.323 e. The number of carbonyl (C=O) groups excluding carboxylic acids is 1. The average molecular weight is 292 g/mol. The number of carbonyl (C=O) groups is 2. The van der Waals surface area contributed by atoms with E-state index < -0.39 is 5.97 Å². The molecule has 1 aromatic rings. The summed E-state index contributed by atoms with van der Waals surface area (Å²) in [6, 6.07) is 9.50. The number of nitrogens with zero attached hydrogens (tertiary/aromatic N) is 1. The Bertz CT molecular complexity index is 460. The Morgan fingerprint density at radius 2 is 1.81 bits per heavy atom. The van der Waals surface area contributed by atoms with Gasteiger partial charge in [0.05, 0.1) is 0 Å². The molecular formula is C16H24N2O3. The Kier molecular flexibility index (Phi) is 6.72. The van der Waals surface area contributed by atoms with Crippen molar-refractivity contribution in [3.05, 3.63) is 35.9 Å². The van der Waals surface area contributed by atoms with Crippen molar-refractivity contribution in [2.75, 3.05) is 13.1 Å². The van der Waals surface area contributed by atoms with Crippen LogP contribution in [0.2, 0.25) is 0 Å². The molecular weight excluding hydrogens is 268 g/mol. The molecule has 0 aromatic heterocycles. The molecule has 0 aliphatic rings. The minimum Gasteiger partial charge on any atom is -0.480 e. The molecule has 0 spiro atoms. The molecule has 0 aliphatic carbocycles. The Hall–Kier alpha value is -2.04. The third-order valence-electron chi connectivity index (χ3n) is 2.95. The van der Waals surface area contributed by atoms with Crippen molar-refractivity contribution in [2.24, 2.45) is 5.92 Å². The van der Waals surface area contributed by atoms with Crippen LogP contribution in [0, 0.1) is 5.92 Å². The first kappa shape index (κ1) is 17.0. The standard InChI is InChI=1S/C16H24N2O3/c1-12(2)10-18(11-15(19)20)16(21)17-13(3)9-14-7-5-4-6-8-14/h4-8,12-13H,9-11H2,1-3H3,(H,17,21)(H,19,20). The molecule has 0 fully saturated rings. The number of benzene rings is 1. The molecule has 1 unspecified atom stereocenters. The van der Waals surface area contributed by atoms with Crippen LogP contribution in [0.15, 0.2) is 30.3 Å². The zero-order valence-corrected chi connectivity index (χ0v) is 12.9. The van der Waals surface area contributed by atoms with Crippen LogP contribution >= 0.6 is 0 Å². The maximum absolute atomic E-state index is 12.2. The lowest BCUT2D eigenvalue weighted by Gasteiger charge is -2.25. The van der Waals surface area contributed by atoms with Crippen LogP contribution < -0.4 is 5.32 Å². The molecule has 1 rings (SSSR count). The van der Waals surface area contributed by atoms with Crippen molar-refractivity contribution in [3.8, 4) is 0 Å². The number of amides is 2. The van der Waals surface area contributed by atoms with Crippen molar-refractivity contribution in [1.29, 1.82) is 0 Å². The van der Waals surface area contributed by atoms with Gasteiger partial charge in [0.1, 0.15) is 6.54 Å². The fraction of sp³-hybridized carbons (Fsp3) is 0.500. The molecule has 0 saturated heterocycles. The summed E-state index contributed by atoms with van der Waals surface area (Å²) in [6.07, 6.45) is 0.717. The minimum atomic E-state index is -0.999. The van der Waals surface area contributed by atoms with Crippen LogP contribution in [0.1, 0.15) is 26.3 Å². The van der Waals surface area contributed by atoms with Crippen LogP contribution in [0.4, 0.5) is 4.79 Å². The van der Waals surface area contributed by atoms with Crippen LogP contribution in [-0.4, -0.2) is 41.1 Å². The van der Waals surface area contributed by atoms with Gasteiger partial charge in [-0.2, -0.15) is 0 Å². The van der Waals surface area contributed by atoms with Crippen LogP contribution in [0.3, 0.4) is 0 Å². The largest absolute Gasteiger partial charge is 0.480 e. The summed E-state index contributed by atoms with van der Waals surface area (Å²) in [6.45, 7) is 5.97. The van der Waals surface area contributed by atoms with Gasteiger partial charge in [0.15, 0.2) is 0 Å². The van der Waals surface area contributed by atoms with E-state index >= 15 is 0 Å². The first-order valence-electron chi connectivity index (χ1n) is 7.19. The highest BCUT2D eigenvalue weighted by Crippen LogP contribution is 2.04. The smallest absolute Gasteiger partial charge is 0.323 e. The van der Waals surface area contributed by atoms with Crippen LogP contribution in [0.5, 0.6) is 0 Å². The highest BCUT2D eigenvalue weighted by atomic mass is 16.4. The second-order valence-corrected chi connectivity index (χ2v) is 5.71. The maximum atomic E-state index is 12.2. The van der Waals surface area contributed by atoms with Gasteiger partial charge in [-0.3, -0.25) is 4.79 Å². The molecule has 1 atom stereocenters. The van der Waals surface area contributed by atoms with E-state index in [1.165, 1.54) is 4.90 Å². The third kappa shape index (κ3) is 6.79. The summed E-state index contributed by atoms with van der Waals surface area (Å²) in [5, 5.41) is 11.8. The monoisotopic (exact) mass is 292 g/mol. The lowest BCUT2D eigenvalue weighted by molar-refractivity contribution is -0.137. The number of carboxylic acids is 1. The molecule has 0 bridgehead atoms. The van der Waals surface area contributed by atoms with Gasteiger partial charge in [0.2, 0.25) is 0 Å². The van der Waals surface area contributed by atoms with E-state index in [1.807, 2.05) is 51.1 Å². The number of rotatable bonds is 7. The molecule has 0 radical (unpaired) electrons. The first-order chi connectivity index (χ1) is 9.88. The SMILES string of the molecule is CC(C)CN(CC(=O)O)C(=O)NC(C)Cc1ccccc1. The summed E-state index contributed by atoms with van der Waals surface area (Å²) in [4.78, 5) is 24.4. The second kappa shape index (κ2) is 8.29. The van der Waals surface area contributed by atoms with Gasteiger partial charge in [-0.05, 0) is 24.8 Å². The van der Waals surface area contributed by atoms with Gasteiger partial charge < -0.3 is 15.3 Å². The topological polar surface area (TPSA) is 69.6 Å². The zero-order chi connectivity index (χ0) is 15.8. The van der Waals surface area contributed by atoms with Gasteiger partial charge in [-0.15, -0.1) is 0 Å². The molecule has 5 heteroatoms. The molecule has 116 valence electrons. The Balaban J connectivity index is 2.56. The molecule has 0 saturated carbocycles. The summed E-state index contributed by atoms with van der Waals surface area (Å²) >= 11 is 0. The van der Waals surface area contributed by atoms with Gasteiger partial charge in [0, 0.05) is 12.6 Å². The highest BCUT2D eigenvalue weighted by Gasteiger charge is 2.19. The third-order valence-corrected chi connectivity index (χ3v) is 2.95. The highest BCUT2D eigenvalue weighted by molar-refractivity contribution is 5.80. The predicted molar refractivity (Wildman–Crippen MR) is 82.2 cm³/mol. The zero-order valence-electron chi connectivity index (χ0n) is 12.9. The molecule has 0 aliphatic heterocycles. The number of carboxylic acid groups (broad SMARTS) is 1. The molecule has 0 heterocycles. The number of hydrogen-bond acceptors (Lipinski definition) is 2. The van der Waals surface area contributed by atoms with Crippen molar-refractivity contribution in [2.45, 2.75) is 33.2 Å². The number of aliphatic carboxylic acids is 1. The van der Waals surface area contributed by atoms with E-state index in [2.05, 4.69) is 5.32 Å². The van der Waals surface area contributed by atoms with Gasteiger partial charge in [-0.25, -0.2) is 4.79 Å². The van der Waals surface area contributed by atoms with Crippen molar-refractivity contribution in [3.63, 3.8) is 0 Å². The van der Waals surface area contributed by atoms with Crippen molar-refractivity contribution >= 4 is 12.0 Å². The molecule has 2 amide bonds. The molecule has 1 aromatic carbocycles. The summed E-state index contributed by atoms with van der Waals surface area (Å²) in [5.41, 5.74) is 1.14. The van der Waals surface area contributed by atoms with Crippen LogP contribution in [-0.2, 0) is 11.2 Å². The molecule has 5 nitrogen and oxygen atoms in total.